The zero-order chi connectivity index (χ0) is 21.8. The topological polar surface area (TPSA) is 69.0 Å². The van der Waals surface area contributed by atoms with Gasteiger partial charge in [-0.15, -0.1) is 5.10 Å². The SMILES string of the molecule is COc1ccc(C2C3=C(CC(C)(C)CC3=O)Nc3nc(-c4ccccc4Cl)nn32)cc1. The van der Waals surface area contributed by atoms with Crippen LogP contribution in [0.2, 0.25) is 5.02 Å². The summed E-state index contributed by atoms with van der Waals surface area (Å²) >= 11 is 6.40. The van der Waals surface area contributed by atoms with Gasteiger partial charge in [-0.1, -0.05) is 49.7 Å². The van der Waals surface area contributed by atoms with Crippen molar-refractivity contribution in [1.82, 2.24) is 14.8 Å². The van der Waals surface area contributed by atoms with Crippen molar-refractivity contribution in [2.45, 2.75) is 32.7 Å². The van der Waals surface area contributed by atoms with E-state index in [4.69, 9.17) is 26.4 Å². The molecule has 1 aliphatic heterocycles. The highest BCUT2D eigenvalue weighted by atomic mass is 35.5. The van der Waals surface area contributed by atoms with Crippen LogP contribution in [0.3, 0.4) is 0 Å². The number of hydrogen-bond acceptors (Lipinski definition) is 5. The molecule has 2 aliphatic rings. The van der Waals surface area contributed by atoms with E-state index in [0.717, 1.165) is 34.6 Å². The predicted molar refractivity (Wildman–Crippen MR) is 120 cm³/mol. The number of fused-ring (bicyclic) bond motifs is 1. The second-order valence-corrected chi connectivity index (χ2v) is 9.22. The van der Waals surface area contributed by atoms with Crippen LogP contribution in [0.1, 0.15) is 38.3 Å². The summed E-state index contributed by atoms with van der Waals surface area (Å²) in [7, 11) is 1.64. The number of rotatable bonds is 3. The third-order valence-electron chi connectivity index (χ3n) is 5.88. The van der Waals surface area contributed by atoms with Crippen LogP contribution in [0.15, 0.2) is 59.8 Å². The van der Waals surface area contributed by atoms with Gasteiger partial charge in [0, 0.05) is 23.3 Å². The molecule has 1 unspecified atom stereocenters. The third kappa shape index (κ3) is 3.41. The lowest BCUT2D eigenvalue weighted by molar-refractivity contribution is -0.118. The zero-order valence-electron chi connectivity index (χ0n) is 17.6. The highest BCUT2D eigenvalue weighted by Crippen LogP contribution is 2.46. The standard InChI is InChI=1S/C24H23ClN4O2/c1-24(2)12-18-20(19(30)13-24)21(14-8-10-15(31-3)11-9-14)29-23(26-18)27-22(28-29)16-6-4-5-7-17(16)25/h4-11,21H,12-13H2,1-3H3,(H,26,27,28). The first-order valence-electron chi connectivity index (χ1n) is 10.2. The number of carbonyl (C=O) groups is 1. The number of ether oxygens (including phenoxy) is 1. The fraction of sp³-hybridized carbons (Fsp3) is 0.292. The number of nitrogens with zero attached hydrogens (tertiary/aromatic N) is 3. The average Bonchev–Trinajstić information content (AvgIpc) is 3.15. The van der Waals surface area contributed by atoms with Crippen molar-refractivity contribution < 1.29 is 9.53 Å². The molecule has 31 heavy (non-hydrogen) atoms. The Balaban J connectivity index is 1.68. The molecule has 1 N–H and O–H groups in total. The maximum atomic E-state index is 13.3. The van der Waals surface area contributed by atoms with E-state index in [-0.39, 0.29) is 17.2 Å². The maximum absolute atomic E-state index is 13.3. The van der Waals surface area contributed by atoms with E-state index >= 15 is 0 Å². The summed E-state index contributed by atoms with van der Waals surface area (Å²) in [5.41, 5.74) is 3.28. The Morgan fingerprint density at radius 3 is 2.58 bits per heavy atom. The molecule has 0 radical (unpaired) electrons. The number of anilines is 1. The number of carbonyl (C=O) groups excluding carboxylic acids is 1. The summed E-state index contributed by atoms with van der Waals surface area (Å²) in [6.07, 6.45) is 1.27. The van der Waals surface area contributed by atoms with Gasteiger partial charge in [-0.3, -0.25) is 4.79 Å². The second kappa shape index (κ2) is 7.24. The van der Waals surface area contributed by atoms with Crippen molar-refractivity contribution in [3.05, 3.63) is 70.4 Å². The van der Waals surface area contributed by atoms with Gasteiger partial charge in [0.25, 0.3) is 0 Å². The molecule has 6 nitrogen and oxygen atoms in total. The first-order valence-corrected chi connectivity index (χ1v) is 10.6. The molecule has 1 atom stereocenters. The summed E-state index contributed by atoms with van der Waals surface area (Å²) in [6, 6.07) is 14.9. The highest BCUT2D eigenvalue weighted by Gasteiger charge is 2.42. The van der Waals surface area contributed by atoms with Crippen molar-refractivity contribution in [1.29, 1.82) is 0 Å². The Hall–Kier alpha value is -3.12. The van der Waals surface area contributed by atoms with E-state index in [1.54, 1.807) is 11.8 Å². The molecule has 0 saturated heterocycles. The second-order valence-electron chi connectivity index (χ2n) is 8.82. The summed E-state index contributed by atoms with van der Waals surface area (Å²) in [5, 5.41) is 8.77. The molecular weight excluding hydrogens is 412 g/mol. The van der Waals surface area contributed by atoms with Gasteiger partial charge in [-0.25, -0.2) is 4.68 Å². The van der Waals surface area contributed by atoms with E-state index in [1.807, 2.05) is 48.5 Å². The van der Waals surface area contributed by atoms with Crippen LogP contribution in [0.25, 0.3) is 11.4 Å². The lowest BCUT2D eigenvalue weighted by Gasteiger charge is -2.38. The molecular formula is C24H23ClN4O2. The number of Topliss-reactive ketones (excluding diaryl/α,β-unsaturated/α-hetero) is 1. The van der Waals surface area contributed by atoms with E-state index in [0.29, 0.717) is 23.2 Å². The monoisotopic (exact) mass is 434 g/mol. The minimum absolute atomic E-state index is 0.110. The molecule has 0 bridgehead atoms. The van der Waals surface area contributed by atoms with Crippen LogP contribution >= 0.6 is 11.6 Å². The van der Waals surface area contributed by atoms with Crippen molar-refractivity contribution in [2.75, 3.05) is 12.4 Å². The van der Waals surface area contributed by atoms with Gasteiger partial charge in [0.1, 0.15) is 11.8 Å². The van der Waals surface area contributed by atoms with Crippen LogP contribution in [0.5, 0.6) is 5.75 Å². The summed E-state index contributed by atoms with van der Waals surface area (Å²) in [5.74, 6) is 2.04. The Morgan fingerprint density at radius 1 is 1.13 bits per heavy atom. The van der Waals surface area contributed by atoms with Crippen LogP contribution in [-0.4, -0.2) is 27.7 Å². The van der Waals surface area contributed by atoms with Gasteiger partial charge in [0.05, 0.1) is 12.1 Å². The fourth-order valence-electron chi connectivity index (χ4n) is 4.46. The molecule has 1 aromatic heterocycles. The van der Waals surface area contributed by atoms with Gasteiger partial charge < -0.3 is 10.1 Å². The number of allylic oxidation sites excluding steroid dienone is 2. The number of hydrogen-bond donors (Lipinski definition) is 1. The lowest BCUT2D eigenvalue weighted by atomic mass is 9.73. The van der Waals surface area contributed by atoms with Gasteiger partial charge in [-0.05, 0) is 41.7 Å². The number of benzene rings is 2. The third-order valence-corrected chi connectivity index (χ3v) is 6.21. The molecule has 2 aromatic carbocycles. The van der Waals surface area contributed by atoms with Gasteiger partial charge in [-0.2, -0.15) is 4.98 Å². The number of aromatic nitrogens is 3. The van der Waals surface area contributed by atoms with Crippen LogP contribution in [0.4, 0.5) is 5.95 Å². The number of halogens is 1. The Labute approximate surface area is 185 Å². The molecule has 1 aliphatic carbocycles. The largest absolute Gasteiger partial charge is 0.497 e. The van der Waals surface area contributed by atoms with E-state index in [9.17, 15) is 4.79 Å². The molecule has 0 fully saturated rings. The highest BCUT2D eigenvalue weighted by molar-refractivity contribution is 6.33. The van der Waals surface area contributed by atoms with Crippen molar-refractivity contribution in [3.63, 3.8) is 0 Å². The Morgan fingerprint density at radius 2 is 1.87 bits per heavy atom. The summed E-state index contributed by atoms with van der Waals surface area (Å²) in [4.78, 5) is 18.0. The minimum Gasteiger partial charge on any atom is -0.497 e. The number of methoxy groups -OCH3 is 1. The molecule has 5 rings (SSSR count). The molecule has 0 spiro atoms. The molecule has 3 aromatic rings. The minimum atomic E-state index is -0.357. The van der Waals surface area contributed by atoms with Crippen molar-refractivity contribution >= 4 is 23.3 Å². The molecule has 7 heteroatoms. The normalized spacial score (nSPS) is 19.5. The molecule has 0 saturated carbocycles. The average molecular weight is 435 g/mol. The Bertz CT molecular complexity index is 1210. The maximum Gasteiger partial charge on any atom is 0.226 e. The van der Waals surface area contributed by atoms with Gasteiger partial charge >= 0.3 is 0 Å². The first-order chi connectivity index (χ1) is 14.9. The Kier molecular flexibility index (Phi) is 4.63. The van der Waals surface area contributed by atoms with Crippen LogP contribution in [-0.2, 0) is 4.79 Å². The zero-order valence-corrected chi connectivity index (χ0v) is 18.4. The molecule has 2 heterocycles. The van der Waals surface area contributed by atoms with Crippen molar-refractivity contribution in [2.24, 2.45) is 5.41 Å². The van der Waals surface area contributed by atoms with E-state index in [1.165, 1.54) is 0 Å². The summed E-state index contributed by atoms with van der Waals surface area (Å²) < 4.78 is 7.12. The van der Waals surface area contributed by atoms with Gasteiger partial charge in [0.2, 0.25) is 5.95 Å². The van der Waals surface area contributed by atoms with Crippen molar-refractivity contribution in [3.8, 4) is 17.1 Å². The molecule has 158 valence electrons. The number of nitrogens with one attached hydrogen (secondary N) is 1. The van der Waals surface area contributed by atoms with E-state index < -0.39 is 0 Å². The number of ketones is 1. The van der Waals surface area contributed by atoms with E-state index in [2.05, 4.69) is 19.2 Å². The fourth-order valence-corrected chi connectivity index (χ4v) is 4.68. The van der Waals surface area contributed by atoms with Gasteiger partial charge in [0.15, 0.2) is 11.6 Å². The predicted octanol–water partition coefficient (Wildman–Crippen LogP) is 5.27. The summed E-state index contributed by atoms with van der Waals surface area (Å²) in [6.45, 7) is 4.24. The van der Waals surface area contributed by atoms with Crippen LogP contribution in [0, 0.1) is 5.41 Å². The first kappa shape index (κ1) is 19.8. The van der Waals surface area contributed by atoms with Crippen LogP contribution < -0.4 is 10.1 Å². The smallest absolute Gasteiger partial charge is 0.226 e. The lowest BCUT2D eigenvalue weighted by Crippen LogP contribution is -2.36. The molecule has 0 amide bonds. The quantitative estimate of drug-likeness (QED) is 0.608.